The first-order valence-corrected chi connectivity index (χ1v) is 15.1. The Kier molecular flexibility index (Phi) is 4.61. The van der Waals surface area contributed by atoms with E-state index in [-0.39, 0.29) is 12.5 Å². The molecule has 6 aliphatic rings. The van der Waals surface area contributed by atoms with E-state index >= 15 is 0 Å². The molecule has 0 radical (unpaired) electrons. The third-order valence-corrected chi connectivity index (χ3v) is 10.4. The fraction of sp³-hybridized carbons (Fsp3) is 0.400. The van der Waals surface area contributed by atoms with E-state index in [2.05, 4.69) is 40.0 Å². The number of carbonyl (C=O) groups is 1. The van der Waals surface area contributed by atoms with Crippen LogP contribution in [0.3, 0.4) is 0 Å². The number of hydrogen-bond acceptors (Lipinski definition) is 4. The molecule has 0 saturated heterocycles. The van der Waals surface area contributed by atoms with Crippen molar-refractivity contribution in [2.45, 2.75) is 56.9 Å². The maximum atomic E-state index is 14.3. The summed E-state index contributed by atoms with van der Waals surface area (Å²) in [4.78, 5) is 21.4. The second-order valence-electron chi connectivity index (χ2n) is 12.3. The number of benzene rings is 3. The van der Waals surface area contributed by atoms with Crippen molar-refractivity contribution < 1.29 is 9.53 Å². The molecule has 0 unspecified atom stereocenters. The number of carbonyl (C=O) groups excluding carboxylic acids is 1. The molecule has 40 heavy (non-hydrogen) atoms. The molecule has 0 bridgehead atoms. The average molecular weight is 528 g/mol. The fourth-order valence-electron chi connectivity index (χ4n) is 8.97. The molecule has 0 atom stereocenters. The molecule has 5 nitrogen and oxygen atoms in total. The van der Waals surface area contributed by atoms with Crippen LogP contribution in [0.1, 0.15) is 75.0 Å². The molecule has 0 N–H and O–H groups in total. The summed E-state index contributed by atoms with van der Waals surface area (Å²) in [5.41, 5.74) is 11.5. The maximum Gasteiger partial charge on any atom is 0.256 e. The van der Waals surface area contributed by atoms with Gasteiger partial charge in [-0.1, -0.05) is 24.1 Å². The minimum absolute atomic E-state index is 0.0216. The molecule has 0 fully saturated rings. The van der Waals surface area contributed by atoms with Gasteiger partial charge in [0, 0.05) is 65.4 Å². The van der Waals surface area contributed by atoms with Crippen LogP contribution in [0.25, 0.3) is 0 Å². The van der Waals surface area contributed by atoms with Gasteiger partial charge in [-0.05, 0) is 86.3 Å². The SMILES string of the molecule is C#CCN1C(=O)c2ccccc2C12c1cc3c4c(c1Oc1c2cc2c5c1CCCN5CCC2)CCCN4CCC3. The summed E-state index contributed by atoms with van der Waals surface area (Å²) in [5.74, 6) is 4.86. The number of ether oxygens (including phenoxy) is 1. The Hall–Kier alpha value is -3.91. The number of terminal acetylenes is 1. The molecule has 1 amide bonds. The van der Waals surface area contributed by atoms with E-state index in [1.54, 1.807) is 0 Å². The van der Waals surface area contributed by atoms with Gasteiger partial charge in [-0.3, -0.25) is 4.79 Å². The Morgan fingerprint density at radius 3 is 1.90 bits per heavy atom. The summed E-state index contributed by atoms with van der Waals surface area (Å²) < 4.78 is 7.24. The molecule has 1 spiro atoms. The first kappa shape index (κ1) is 22.9. The number of aryl methyl sites for hydroxylation is 2. The van der Waals surface area contributed by atoms with Crippen LogP contribution in [0.15, 0.2) is 36.4 Å². The van der Waals surface area contributed by atoms with E-state index in [0.29, 0.717) is 0 Å². The maximum absolute atomic E-state index is 14.3. The van der Waals surface area contributed by atoms with Crippen LogP contribution >= 0.6 is 0 Å². The van der Waals surface area contributed by atoms with Gasteiger partial charge in [0.2, 0.25) is 0 Å². The van der Waals surface area contributed by atoms with Crippen molar-refractivity contribution in [3.05, 3.63) is 80.9 Å². The normalized spacial score (nSPS) is 20.7. The van der Waals surface area contributed by atoms with Crippen molar-refractivity contribution in [3.8, 4) is 23.8 Å². The Labute approximate surface area is 235 Å². The second-order valence-corrected chi connectivity index (χ2v) is 12.3. The van der Waals surface area contributed by atoms with Crippen molar-refractivity contribution in [1.82, 2.24) is 4.90 Å². The van der Waals surface area contributed by atoms with Gasteiger partial charge in [-0.2, -0.15) is 0 Å². The molecule has 3 aromatic rings. The van der Waals surface area contributed by atoms with Gasteiger partial charge in [-0.25, -0.2) is 0 Å². The first-order chi connectivity index (χ1) is 19.7. The van der Waals surface area contributed by atoms with E-state index in [1.807, 2.05) is 17.0 Å². The number of rotatable bonds is 1. The molecule has 3 aromatic carbocycles. The van der Waals surface area contributed by atoms with Crippen LogP contribution in [0.5, 0.6) is 11.5 Å². The highest BCUT2D eigenvalue weighted by atomic mass is 16.5. The van der Waals surface area contributed by atoms with Gasteiger partial charge in [0.1, 0.15) is 17.0 Å². The van der Waals surface area contributed by atoms with Gasteiger partial charge >= 0.3 is 0 Å². The number of anilines is 2. The predicted molar refractivity (Wildman–Crippen MR) is 157 cm³/mol. The topological polar surface area (TPSA) is 36.0 Å². The van der Waals surface area contributed by atoms with Crippen molar-refractivity contribution in [3.63, 3.8) is 0 Å². The lowest BCUT2D eigenvalue weighted by Gasteiger charge is -2.48. The summed E-state index contributed by atoms with van der Waals surface area (Å²) in [6.07, 6.45) is 14.7. The average Bonchev–Trinajstić information content (AvgIpc) is 3.23. The third-order valence-electron chi connectivity index (χ3n) is 10.4. The molecule has 9 rings (SSSR count). The van der Waals surface area contributed by atoms with E-state index in [9.17, 15) is 4.79 Å². The Morgan fingerprint density at radius 1 is 0.775 bits per heavy atom. The lowest BCUT2D eigenvalue weighted by Crippen LogP contribution is -2.48. The van der Waals surface area contributed by atoms with Crippen molar-refractivity contribution in [2.75, 3.05) is 42.5 Å². The quantitative estimate of drug-likeness (QED) is 0.388. The van der Waals surface area contributed by atoms with E-state index in [4.69, 9.17) is 11.2 Å². The highest BCUT2D eigenvalue weighted by Crippen LogP contribution is 2.62. The van der Waals surface area contributed by atoms with Crippen molar-refractivity contribution >= 4 is 17.3 Å². The Morgan fingerprint density at radius 2 is 1.32 bits per heavy atom. The fourth-order valence-corrected chi connectivity index (χ4v) is 8.97. The monoisotopic (exact) mass is 527 g/mol. The second kappa shape index (κ2) is 8.07. The molecule has 0 saturated carbocycles. The molecular weight excluding hydrogens is 494 g/mol. The Bertz CT molecular complexity index is 1600. The Balaban J connectivity index is 1.45. The minimum atomic E-state index is -0.792. The van der Waals surface area contributed by atoms with Crippen LogP contribution in [0.2, 0.25) is 0 Å². The van der Waals surface area contributed by atoms with Crippen molar-refractivity contribution in [2.24, 2.45) is 0 Å². The van der Waals surface area contributed by atoms with Crippen LogP contribution in [-0.2, 0) is 31.2 Å². The lowest BCUT2D eigenvalue weighted by atomic mass is 9.70. The summed E-state index contributed by atoms with van der Waals surface area (Å²) >= 11 is 0. The number of hydrogen-bond donors (Lipinski definition) is 0. The zero-order valence-electron chi connectivity index (χ0n) is 22.9. The first-order valence-electron chi connectivity index (χ1n) is 15.1. The largest absolute Gasteiger partial charge is 0.456 e. The zero-order valence-corrected chi connectivity index (χ0v) is 22.9. The highest BCUT2D eigenvalue weighted by Gasteiger charge is 2.58. The van der Waals surface area contributed by atoms with Gasteiger partial charge < -0.3 is 19.4 Å². The summed E-state index contributed by atoms with van der Waals surface area (Å²) in [6.45, 7) is 4.69. The molecule has 0 aliphatic carbocycles. The summed E-state index contributed by atoms with van der Waals surface area (Å²) in [6, 6.07) is 13.0. The highest BCUT2D eigenvalue weighted by molar-refractivity contribution is 6.03. The number of fused-ring (bicyclic) bond motifs is 8. The van der Waals surface area contributed by atoms with E-state index in [0.717, 1.165) is 111 Å². The van der Waals surface area contributed by atoms with Gasteiger partial charge in [-0.15, -0.1) is 6.42 Å². The zero-order chi connectivity index (χ0) is 26.6. The number of nitrogens with zero attached hydrogens (tertiary/aromatic N) is 3. The van der Waals surface area contributed by atoms with E-state index in [1.165, 1.54) is 33.6 Å². The van der Waals surface area contributed by atoms with Crippen molar-refractivity contribution in [1.29, 1.82) is 0 Å². The third kappa shape index (κ3) is 2.68. The van der Waals surface area contributed by atoms with Gasteiger partial charge in [0.15, 0.2) is 0 Å². The van der Waals surface area contributed by atoms with Crippen LogP contribution in [0, 0.1) is 12.3 Å². The van der Waals surface area contributed by atoms with Gasteiger partial charge in [0.05, 0.1) is 6.54 Å². The predicted octanol–water partition coefficient (Wildman–Crippen LogP) is 5.57. The smallest absolute Gasteiger partial charge is 0.256 e. The molecule has 6 aliphatic heterocycles. The van der Waals surface area contributed by atoms with Gasteiger partial charge in [0.25, 0.3) is 5.91 Å². The minimum Gasteiger partial charge on any atom is -0.456 e. The number of amides is 1. The van der Waals surface area contributed by atoms with Crippen LogP contribution in [-0.4, -0.2) is 43.5 Å². The van der Waals surface area contributed by atoms with E-state index < -0.39 is 5.54 Å². The summed E-state index contributed by atoms with van der Waals surface area (Å²) in [7, 11) is 0. The molecule has 6 heterocycles. The van der Waals surface area contributed by atoms with Crippen LogP contribution < -0.4 is 14.5 Å². The van der Waals surface area contributed by atoms with Crippen LogP contribution in [0.4, 0.5) is 11.4 Å². The lowest BCUT2D eigenvalue weighted by molar-refractivity contribution is 0.0698. The summed E-state index contributed by atoms with van der Waals surface area (Å²) in [5, 5.41) is 0. The molecular formula is C35H33N3O2. The standard InChI is InChI=1S/C35H33N3O2/c1-2-15-38-34(39)24-11-3-4-14-27(24)35(38)28-20-22-9-5-16-36-18-7-12-25(30(22)36)32(28)40-33-26-13-8-19-37-17-6-10-23(31(26)37)21-29(33)35/h1,3-4,11,14,20-21H,5-10,12-13,15-19H2. The molecule has 5 heteroatoms. The molecule has 200 valence electrons. The molecule has 0 aromatic heterocycles.